The van der Waals surface area contributed by atoms with Gasteiger partial charge in [0, 0.05) is 24.9 Å². The van der Waals surface area contributed by atoms with Crippen LogP contribution in [0.15, 0.2) is 0 Å². The minimum Gasteiger partial charge on any atom is -0.310 e. The molecule has 5 heteroatoms. The molecule has 0 atom stereocenters. The van der Waals surface area contributed by atoms with Crippen LogP contribution in [0.3, 0.4) is 0 Å². The lowest BCUT2D eigenvalue weighted by molar-refractivity contribution is 0.487. The Kier molecular flexibility index (Phi) is 6.02. The van der Waals surface area contributed by atoms with Crippen LogP contribution in [0.5, 0.6) is 0 Å². The Labute approximate surface area is 120 Å². The van der Waals surface area contributed by atoms with Crippen LogP contribution in [0.2, 0.25) is 5.02 Å². The first-order chi connectivity index (χ1) is 8.49. The first-order valence-electron chi connectivity index (χ1n) is 6.43. The van der Waals surface area contributed by atoms with E-state index in [4.69, 9.17) is 11.6 Å². The highest BCUT2D eigenvalue weighted by Gasteiger charge is 2.24. The fourth-order valence-electron chi connectivity index (χ4n) is 2.14. The van der Waals surface area contributed by atoms with Gasteiger partial charge in [0.25, 0.3) is 0 Å². The molecule has 0 radical (unpaired) electrons. The summed E-state index contributed by atoms with van der Waals surface area (Å²) in [6.45, 7) is 8.22. The van der Waals surface area contributed by atoms with E-state index in [0.717, 1.165) is 29.5 Å². The maximum atomic E-state index is 6.24. The second-order valence-corrected chi connectivity index (χ2v) is 6.32. The summed E-state index contributed by atoms with van der Waals surface area (Å²) in [7, 11) is 1.94. The second-order valence-electron chi connectivity index (χ2n) is 4.67. The largest absolute Gasteiger partial charge is 0.310 e. The monoisotopic (exact) mass is 289 g/mol. The number of aryl methyl sites for hydroxylation is 2. The molecule has 18 heavy (non-hydrogen) atoms. The summed E-state index contributed by atoms with van der Waals surface area (Å²) in [6.07, 6.45) is 4.54. The molecule has 1 rings (SSSR count). The van der Waals surface area contributed by atoms with Gasteiger partial charge in [-0.1, -0.05) is 25.4 Å². The van der Waals surface area contributed by atoms with Crippen LogP contribution < -0.4 is 5.32 Å². The molecule has 0 saturated heterocycles. The Morgan fingerprint density at radius 2 is 2.00 bits per heavy atom. The number of nitrogens with zero attached hydrogens (tertiary/aromatic N) is 2. The van der Waals surface area contributed by atoms with Gasteiger partial charge in [0.15, 0.2) is 0 Å². The highest BCUT2D eigenvalue weighted by Crippen LogP contribution is 2.29. The number of hydrogen-bond acceptors (Lipinski definition) is 3. The van der Waals surface area contributed by atoms with Crippen molar-refractivity contribution in [3.8, 4) is 0 Å². The van der Waals surface area contributed by atoms with Crippen molar-refractivity contribution >= 4 is 23.4 Å². The molecule has 104 valence electrons. The fraction of sp³-hybridized carbons (Fsp3) is 0.769. The van der Waals surface area contributed by atoms with Crippen LogP contribution in [-0.2, 0) is 13.6 Å². The van der Waals surface area contributed by atoms with E-state index in [-0.39, 0.29) is 0 Å². The number of thioether (sulfide) groups is 1. The summed E-state index contributed by atoms with van der Waals surface area (Å²) in [5.74, 6) is 0. The van der Waals surface area contributed by atoms with E-state index >= 15 is 0 Å². The van der Waals surface area contributed by atoms with Crippen molar-refractivity contribution in [3.05, 3.63) is 16.4 Å². The van der Waals surface area contributed by atoms with Crippen LogP contribution >= 0.6 is 23.4 Å². The lowest BCUT2D eigenvalue weighted by Crippen LogP contribution is -2.36. The summed E-state index contributed by atoms with van der Waals surface area (Å²) in [5, 5.41) is 8.63. The molecule has 0 aliphatic rings. The van der Waals surface area contributed by atoms with Crippen molar-refractivity contribution in [2.75, 3.05) is 12.8 Å². The quantitative estimate of drug-likeness (QED) is 0.834. The highest BCUT2D eigenvalue weighted by atomic mass is 35.5. The molecule has 1 aromatic heterocycles. The topological polar surface area (TPSA) is 29.9 Å². The minimum absolute atomic E-state index is 0.333. The number of halogens is 1. The van der Waals surface area contributed by atoms with Crippen LogP contribution in [0.1, 0.15) is 38.1 Å². The maximum Gasteiger partial charge on any atom is 0.0860 e. The van der Waals surface area contributed by atoms with Gasteiger partial charge in [-0.15, -0.1) is 0 Å². The zero-order valence-corrected chi connectivity index (χ0v) is 13.6. The predicted molar refractivity (Wildman–Crippen MR) is 81.5 cm³/mol. The number of rotatable bonds is 7. The third-order valence-electron chi connectivity index (χ3n) is 3.72. The molecule has 0 aromatic carbocycles. The molecule has 1 aromatic rings. The van der Waals surface area contributed by atoms with E-state index in [0.29, 0.717) is 4.75 Å². The Morgan fingerprint density at radius 1 is 1.39 bits per heavy atom. The molecule has 0 amide bonds. The Morgan fingerprint density at radius 3 is 2.39 bits per heavy atom. The summed E-state index contributed by atoms with van der Waals surface area (Å²) in [4.78, 5) is 0. The van der Waals surface area contributed by atoms with Crippen molar-refractivity contribution in [1.29, 1.82) is 0 Å². The van der Waals surface area contributed by atoms with Gasteiger partial charge in [-0.05, 0) is 26.0 Å². The lowest BCUT2D eigenvalue weighted by atomic mass is 10.0. The van der Waals surface area contributed by atoms with E-state index in [1.165, 1.54) is 12.8 Å². The molecule has 0 spiro atoms. The summed E-state index contributed by atoms with van der Waals surface area (Å²) < 4.78 is 2.20. The molecule has 0 saturated carbocycles. The maximum absolute atomic E-state index is 6.24. The van der Waals surface area contributed by atoms with Crippen LogP contribution in [0.25, 0.3) is 0 Å². The van der Waals surface area contributed by atoms with Gasteiger partial charge in [-0.3, -0.25) is 4.68 Å². The molecular weight excluding hydrogens is 266 g/mol. The van der Waals surface area contributed by atoms with E-state index in [2.05, 4.69) is 30.5 Å². The summed E-state index contributed by atoms with van der Waals surface area (Å²) in [6, 6.07) is 0. The Hall–Kier alpha value is -0.190. The molecular formula is C13H24ClN3S. The van der Waals surface area contributed by atoms with Crippen molar-refractivity contribution in [2.45, 2.75) is 44.9 Å². The predicted octanol–water partition coefficient (Wildman–Crippen LogP) is 3.39. The van der Waals surface area contributed by atoms with E-state index in [9.17, 15) is 0 Å². The average molecular weight is 290 g/mol. The highest BCUT2D eigenvalue weighted by molar-refractivity contribution is 8.00. The number of hydrogen-bond donors (Lipinski definition) is 1. The first-order valence-corrected chi connectivity index (χ1v) is 8.03. The standard InChI is InChI=1S/C13H24ClN3S/c1-6-13(7-2,18-5)9-15-8-11-12(14)10(3)16-17(11)4/h15H,6-9H2,1-5H3. The fourth-order valence-corrected chi connectivity index (χ4v) is 3.19. The SMILES string of the molecule is CCC(CC)(CNCc1c(Cl)c(C)nn1C)SC. The van der Waals surface area contributed by atoms with Crippen LogP contribution in [-0.4, -0.2) is 27.3 Å². The third-order valence-corrected chi connectivity index (χ3v) is 5.80. The number of aromatic nitrogens is 2. The van der Waals surface area contributed by atoms with Crippen molar-refractivity contribution < 1.29 is 0 Å². The van der Waals surface area contributed by atoms with Gasteiger partial charge in [-0.25, -0.2) is 0 Å². The van der Waals surface area contributed by atoms with Gasteiger partial charge < -0.3 is 5.32 Å². The van der Waals surface area contributed by atoms with Gasteiger partial charge in [0.2, 0.25) is 0 Å². The Bertz CT molecular complexity index is 378. The molecule has 0 bridgehead atoms. The normalized spacial score (nSPS) is 12.1. The molecule has 0 unspecified atom stereocenters. The van der Waals surface area contributed by atoms with Crippen molar-refractivity contribution in [3.63, 3.8) is 0 Å². The van der Waals surface area contributed by atoms with E-state index < -0.39 is 0 Å². The third kappa shape index (κ3) is 3.43. The molecule has 1 heterocycles. The van der Waals surface area contributed by atoms with Crippen molar-refractivity contribution in [1.82, 2.24) is 15.1 Å². The number of nitrogens with one attached hydrogen (secondary N) is 1. The van der Waals surface area contributed by atoms with E-state index in [1.54, 1.807) is 0 Å². The zero-order chi connectivity index (χ0) is 13.8. The van der Waals surface area contributed by atoms with Crippen molar-refractivity contribution in [2.24, 2.45) is 7.05 Å². The molecule has 3 nitrogen and oxygen atoms in total. The molecule has 1 N–H and O–H groups in total. The average Bonchev–Trinajstić information content (AvgIpc) is 2.61. The van der Waals surface area contributed by atoms with E-state index in [1.807, 2.05) is 30.4 Å². The lowest BCUT2D eigenvalue weighted by Gasteiger charge is -2.30. The Balaban J connectivity index is 2.61. The van der Waals surface area contributed by atoms with Gasteiger partial charge in [0.05, 0.1) is 16.4 Å². The zero-order valence-electron chi connectivity index (χ0n) is 12.0. The minimum atomic E-state index is 0.333. The smallest absolute Gasteiger partial charge is 0.0860 e. The van der Waals surface area contributed by atoms with Gasteiger partial charge in [0.1, 0.15) is 0 Å². The summed E-state index contributed by atoms with van der Waals surface area (Å²) >= 11 is 8.19. The van der Waals surface area contributed by atoms with Crippen LogP contribution in [0, 0.1) is 6.92 Å². The first kappa shape index (κ1) is 15.9. The van der Waals surface area contributed by atoms with Gasteiger partial charge in [-0.2, -0.15) is 16.9 Å². The van der Waals surface area contributed by atoms with Crippen LogP contribution in [0.4, 0.5) is 0 Å². The molecule has 0 aliphatic carbocycles. The van der Waals surface area contributed by atoms with Gasteiger partial charge >= 0.3 is 0 Å². The summed E-state index contributed by atoms with van der Waals surface area (Å²) in [5.41, 5.74) is 1.97. The molecule has 0 aliphatic heterocycles. The molecule has 0 fully saturated rings. The second kappa shape index (κ2) is 6.83.